The van der Waals surface area contributed by atoms with E-state index in [0.717, 1.165) is 0 Å². The van der Waals surface area contributed by atoms with Gasteiger partial charge in [0.2, 0.25) is 0 Å². The largest absolute Gasteiger partial charge is 0.479 e. The van der Waals surface area contributed by atoms with Gasteiger partial charge in [0.25, 0.3) is 5.91 Å². The van der Waals surface area contributed by atoms with Gasteiger partial charge in [-0.2, -0.15) is 0 Å². The van der Waals surface area contributed by atoms with E-state index < -0.39 is 22.8 Å². The van der Waals surface area contributed by atoms with Crippen LogP contribution < -0.4 is 5.32 Å². The van der Waals surface area contributed by atoms with E-state index in [1.807, 2.05) is 6.92 Å². The second kappa shape index (κ2) is 6.05. The van der Waals surface area contributed by atoms with Crippen LogP contribution in [0, 0.1) is 5.41 Å². The van der Waals surface area contributed by atoms with Gasteiger partial charge in [0.05, 0.1) is 6.10 Å². The first-order valence-corrected chi connectivity index (χ1v) is 7.91. The van der Waals surface area contributed by atoms with Crippen molar-refractivity contribution >= 4 is 17.7 Å². The van der Waals surface area contributed by atoms with Gasteiger partial charge in [-0.1, -0.05) is 13.8 Å². The van der Waals surface area contributed by atoms with Crippen molar-refractivity contribution < 1.29 is 24.2 Å². The predicted octanol–water partition coefficient (Wildman–Crippen LogP) is 1.62. The number of carbonyl (C=O) groups is 3. The van der Waals surface area contributed by atoms with E-state index in [2.05, 4.69) is 5.32 Å². The fraction of sp³-hybridized carbons (Fsp3) is 0.588. The van der Waals surface area contributed by atoms with Crippen molar-refractivity contribution in [2.45, 2.75) is 45.8 Å². The highest BCUT2D eigenvalue weighted by Crippen LogP contribution is 2.51. The molecule has 1 aromatic rings. The highest BCUT2D eigenvalue weighted by atomic mass is 16.5. The predicted molar refractivity (Wildman–Crippen MR) is 87.1 cm³/mol. The Labute approximate surface area is 141 Å². The maximum Gasteiger partial charge on any atom is 0.330 e. The normalized spacial score (nSPS) is 25.0. The number of carbonyl (C=O) groups excluding carboxylic acids is 2. The third kappa shape index (κ3) is 2.62. The van der Waals surface area contributed by atoms with E-state index in [-0.39, 0.29) is 24.0 Å². The third-order valence-corrected chi connectivity index (χ3v) is 5.10. The lowest BCUT2D eigenvalue weighted by atomic mass is 9.54. The number of carboxylic acid groups (broad SMARTS) is 1. The molecule has 2 N–H and O–H groups in total. The zero-order valence-electron chi connectivity index (χ0n) is 14.7. The first kappa shape index (κ1) is 18.2. The Morgan fingerprint density at radius 3 is 2.46 bits per heavy atom. The van der Waals surface area contributed by atoms with Crippen LogP contribution in [0.1, 0.15) is 55.0 Å². The molecule has 0 saturated heterocycles. The molecule has 1 aromatic heterocycles. The van der Waals surface area contributed by atoms with Crippen LogP contribution in [-0.4, -0.2) is 45.6 Å². The number of ketones is 1. The molecule has 0 aliphatic heterocycles. The molecular formula is C17H24N2O5. The van der Waals surface area contributed by atoms with E-state index >= 15 is 0 Å². The van der Waals surface area contributed by atoms with Crippen LogP contribution in [0.5, 0.6) is 0 Å². The summed E-state index contributed by atoms with van der Waals surface area (Å²) >= 11 is 0. The summed E-state index contributed by atoms with van der Waals surface area (Å²) in [6, 6.07) is 1.47. The Hall–Kier alpha value is -2.15. The minimum atomic E-state index is -1.40. The van der Waals surface area contributed by atoms with Gasteiger partial charge < -0.3 is 19.7 Å². The van der Waals surface area contributed by atoms with E-state index in [9.17, 15) is 19.5 Å². The van der Waals surface area contributed by atoms with Gasteiger partial charge in [-0.05, 0) is 19.9 Å². The zero-order chi connectivity index (χ0) is 18.3. The molecule has 1 aliphatic rings. The highest BCUT2D eigenvalue weighted by molar-refractivity contribution is 6.01. The molecule has 2 rings (SSSR count). The number of nitrogens with one attached hydrogen (secondary N) is 1. The van der Waals surface area contributed by atoms with Crippen molar-refractivity contribution in [3.63, 3.8) is 0 Å². The summed E-state index contributed by atoms with van der Waals surface area (Å²) in [4.78, 5) is 36.0. The summed E-state index contributed by atoms with van der Waals surface area (Å²) in [5.74, 6) is -1.76. The molecule has 0 spiro atoms. The molecular weight excluding hydrogens is 312 g/mol. The second-order valence-electron chi connectivity index (χ2n) is 6.82. The number of aryl methyl sites for hydroxylation is 1. The summed E-state index contributed by atoms with van der Waals surface area (Å²) in [7, 11) is 1.64. The number of Topliss-reactive ketones (excluding diaryl/α,β-unsaturated/α-hetero) is 1. The number of amides is 1. The molecule has 7 nitrogen and oxygen atoms in total. The van der Waals surface area contributed by atoms with Crippen LogP contribution in [0.3, 0.4) is 0 Å². The van der Waals surface area contributed by atoms with Gasteiger partial charge in [-0.3, -0.25) is 9.59 Å². The maximum atomic E-state index is 12.6. The molecule has 2 atom stereocenters. The number of hydrogen-bond acceptors (Lipinski definition) is 4. The zero-order valence-corrected chi connectivity index (χ0v) is 14.7. The Morgan fingerprint density at radius 2 is 2.04 bits per heavy atom. The molecule has 0 aromatic carbocycles. The van der Waals surface area contributed by atoms with Crippen LogP contribution in [-0.2, 0) is 16.6 Å². The van der Waals surface area contributed by atoms with E-state index in [4.69, 9.17) is 4.74 Å². The van der Waals surface area contributed by atoms with Gasteiger partial charge in [0, 0.05) is 37.3 Å². The van der Waals surface area contributed by atoms with E-state index in [1.54, 1.807) is 27.1 Å². The highest BCUT2D eigenvalue weighted by Gasteiger charge is 2.66. The summed E-state index contributed by atoms with van der Waals surface area (Å²) in [6.07, 6.45) is 1.53. The first-order chi connectivity index (χ1) is 11.1. The SMILES string of the molecule is CCOC1CC(NC(=O)c2cc(C(C)=O)cn2C)(C(=O)O)C1(C)C. The number of hydrogen-bond donors (Lipinski definition) is 2. The van der Waals surface area contributed by atoms with Crippen molar-refractivity contribution in [3.05, 3.63) is 23.5 Å². The molecule has 7 heteroatoms. The molecule has 0 radical (unpaired) electrons. The topological polar surface area (TPSA) is 97.6 Å². The van der Waals surface area contributed by atoms with Gasteiger partial charge in [0.1, 0.15) is 11.2 Å². The van der Waals surface area contributed by atoms with E-state index in [1.165, 1.54) is 17.6 Å². The number of nitrogens with zero attached hydrogens (tertiary/aromatic N) is 1. The number of ether oxygens (including phenoxy) is 1. The average Bonchev–Trinajstić information content (AvgIpc) is 2.87. The van der Waals surface area contributed by atoms with Crippen LogP contribution >= 0.6 is 0 Å². The van der Waals surface area contributed by atoms with Crippen molar-refractivity contribution in [2.24, 2.45) is 12.5 Å². The molecule has 2 unspecified atom stereocenters. The van der Waals surface area contributed by atoms with Gasteiger partial charge in [-0.25, -0.2) is 4.79 Å². The molecule has 1 saturated carbocycles. The second-order valence-corrected chi connectivity index (χ2v) is 6.82. The van der Waals surface area contributed by atoms with Crippen LogP contribution in [0.25, 0.3) is 0 Å². The Balaban J connectivity index is 2.28. The summed E-state index contributed by atoms with van der Waals surface area (Å²) < 4.78 is 7.10. The Morgan fingerprint density at radius 1 is 1.42 bits per heavy atom. The quantitative estimate of drug-likeness (QED) is 0.769. The fourth-order valence-electron chi connectivity index (χ4n) is 3.28. The number of aliphatic carboxylic acids is 1. The van der Waals surface area contributed by atoms with Gasteiger partial charge in [-0.15, -0.1) is 0 Å². The lowest BCUT2D eigenvalue weighted by molar-refractivity contribution is -0.190. The van der Waals surface area contributed by atoms with E-state index in [0.29, 0.717) is 12.2 Å². The maximum absolute atomic E-state index is 12.6. The number of aromatic nitrogens is 1. The lowest BCUT2D eigenvalue weighted by Gasteiger charge is -2.58. The molecule has 1 fully saturated rings. The minimum Gasteiger partial charge on any atom is -0.479 e. The van der Waals surface area contributed by atoms with Crippen LogP contribution in [0.15, 0.2) is 12.3 Å². The Kier molecular flexibility index (Phi) is 4.59. The molecule has 0 bridgehead atoms. The van der Waals surface area contributed by atoms with Crippen LogP contribution in [0.4, 0.5) is 0 Å². The standard InChI is InChI=1S/C17H24N2O5/c1-6-24-13-8-17(15(22)23,16(13,3)4)18-14(21)12-7-11(10(2)20)9-19(12)5/h7,9,13H,6,8H2,1-5H3,(H,18,21)(H,22,23). The van der Waals surface area contributed by atoms with Crippen molar-refractivity contribution in [1.82, 2.24) is 9.88 Å². The lowest BCUT2D eigenvalue weighted by Crippen LogP contribution is -2.76. The minimum absolute atomic E-state index is 0.155. The molecule has 1 aliphatic carbocycles. The summed E-state index contributed by atoms with van der Waals surface area (Å²) in [5.41, 5.74) is -1.49. The summed E-state index contributed by atoms with van der Waals surface area (Å²) in [6.45, 7) is 7.30. The fourth-order valence-corrected chi connectivity index (χ4v) is 3.28. The smallest absolute Gasteiger partial charge is 0.330 e. The number of carboxylic acids is 1. The van der Waals surface area contributed by atoms with Crippen molar-refractivity contribution in [3.8, 4) is 0 Å². The van der Waals surface area contributed by atoms with Gasteiger partial charge >= 0.3 is 5.97 Å². The first-order valence-electron chi connectivity index (χ1n) is 7.91. The monoisotopic (exact) mass is 336 g/mol. The third-order valence-electron chi connectivity index (χ3n) is 5.10. The molecule has 132 valence electrons. The summed E-state index contributed by atoms with van der Waals surface area (Å²) in [5, 5.41) is 12.4. The molecule has 24 heavy (non-hydrogen) atoms. The Bertz CT molecular complexity index is 691. The molecule has 1 amide bonds. The average molecular weight is 336 g/mol. The van der Waals surface area contributed by atoms with Crippen LogP contribution in [0.2, 0.25) is 0 Å². The van der Waals surface area contributed by atoms with Gasteiger partial charge in [0.15, 0.2) is 5.78 Å². The van der Waals surface area contributed by atoms with Crippen molar-refractivity contribution in [2.75, 3.05) is 6.61 Å². The van der Waals surface area contributed by atoms with Crippen molar-refractivity contribution in [1.29, 1.82) is 0 Å². The molecule has 1 heterocycles. The number of rotatable bonds is 6.